The fourth-order valence-corrected chi connectivity index (χ4v) is 7.26. The highest BCUT2D eigenvalue weighted by Gasteiger charge is 2.33. The summed E-state index contributed by atoms with van der Waals surface area (Å²) in [6.07, 6.45) is 3.76. The second kappa shape index (κ2) is 7.03. The monoisotopic (exact) mass is 390 g/mol. The van der Waals surface area contributed by atoms with E-state index in [4.69, 9.17) is 5.11 Å². The van der Waals surface area contributed by atoms with E-state index in [9.17, 15) is 18.0 Å². The Morgan fingerprint density at radius 3 is 2.50 bits per heavy atom. The van der Waals surface area contributed by atoms with Crippen LogP contribution in [-0.4, -0.2) is 55.1 Å². The number of fused-ring (bicyclic) bond motifs is 1. The molecule has 0 aromatic carbocycles. The van der Waals surface area contributed by atoms with Crippen LogP contribution in [0.2, 0.25) is 0 Å². The average molecular weight is 391 g/mol. The van der Waals surface area contributed by atoms with Crippen LogP contribution in [-0.2, 0) is 19.6 Å². The Labute approximate surface area is 148 Å². The van der Waals surface area contributed by atoms with Crippen molar-refractivity contribution >= 4 is 50.7 Å². The van der Waals surface area contributed by atoms with E-state index in [1.54, 1.807) is 0 Å². The first-order valence-electron chi connectivity index (χ1n) is 7.68. The van der Waals surface area contributed by atoms with Gasteiger partial charge in [0, 0.05) is 13.1 Å². The third-order valence-corrected chi connectivity index (χ3v) is 8.76. The van der Waals surface area contributed by atoms with Gasteiger partial charge < -0.3 is 5.11 Å². The maximum absolute atomic E-state index is 12.9. The number of hydrogen-bond acceptors (Lipinski definition) is 6. The van der Waals surface area contributed by atoms with Crippen molar-refractivity contribution in [3.63, 3.8) is 0 Å². The lowest BCUT2D eigenvalue weighted by molar-refractivity contribution is -0.136. The molecule has 0 radical (unpaired) electrons. The number of thiophene rings is 1. The van der Waals surface area contributed by atoms with E-state index >= 15 is 0 Å². The van der Waals surface area contributed by atoms with Gasteiger partial charge in [-0.05, 0) is 18.9 Å². The summed E-state index contributed by atoms with van der Waals surface area (Å²) in [5, 5.41) is 8.99. The number of amides is 1. The molecule has 1 aromatic rings. The Hall–Kier alpha value is -1.10. The maximum atomic E-state index is 12.9. The lowest BCUT2D eigenvalue weighted by Gasteiger charge is -2.24. The van der Waals surface area contributed by atoms with Crippen molar-refractivity contribution < 1.29 is 23.1 Å². The van der Waals surface area contributed by atoms with E-state index in [-0.39, 0.29) is 15.9 Å². The quantitative estimate of drug-likeness (QED) is 0.843. The second-order valence-electron chi connectivity index (χ2n) is 5.72. The number of nitrogens with zero attached hydrogens (tertiary/aromatic N) is 2. The highest BCUT2D eigenvalue weighted by molar-refractivity contribution is 8.02. The van der Waals surface area contributed by atoms with Gasteiger partial charge >= 0.3 is 5.97 Å². The first-order chi connectivity index (χ1) is 11.4. The van der Waals surface area contributed by atoms with Crippen LogP contribution in [0.1, 0.15) is 25.7 Å². The summed E-state index contributed by atoms with van der Waals surface area (Å²) in [6, 6.07) is 1.45. The van der Waals surface area contributed by atoms with Crippen LogP contribution in [0.15, 0.2) is 14.5 Å². The summed E-state index contributed by atoms with van der Waals surface area (Å²) in [5.74, 6) is -1.31. The number of aliphatic carboxylic acids is 1. The van der Waals surface area contributed by atoms with Crippen LogP contribution < -0.4 is 4.90 Å². The summed E-state index contributed by atoms with van der Waals surface area (Å²) < 4.78 is 28.1. The molecule has 0 spiro atoms. The Bertz CT molecular complexity index is 750. The van der Waals surface area contributed by atoms with Gasteiger partial charge in [-0.1, -0.05) is 12.8 Å². The van der Waals surface area contributed by atoms with Gasteiger partial charge in [0.05, 0.1) is 15.6 Å². The molecular formula is C14H18N2O5S3. The molecule has 0 unspecified atom stereocenters. The Morgan fingerprint density at radius 2 is 1.88 bits per heavy atom. The van der Waals surface area contributed by atoms with Crippen molar-refractivity contribution in [2.24, 2.45) is 0 Å². The summed E-state index contributed by atoms with van der Waals surface area (Å²) in [7, 11) is -3.60. The molecule has 1 fully saturated rings. The van der Waals surface area contributed by atoms with Crippen LogP contribution in [0.3, 0.4) is 0 Å². The molecule has 0 bridgehead atoms. The summed E-state index contributed by atoms with van der Waals surface area (Å²) in [6.45, 7) is 0.567. The topological polar surface area (TPSA) is 95.0 Å². The molecule has 2 aliphatic heterocycles. The number of rotatable bonds is 4. The first kappa shape index (κ1) is 17.7. The number of thioether (sulfide) groups is 1. The largest absolute Gasteiger partial charge is 0.480 e. The SMILES string of the molecule is O=C(O)CN1C(=O)CSc2sc(S(=O)(=O)N3CCCCCC3)cc21. The highest BCUT2D eigenvalue weighted by Crippen LogP contribution is 2.44. The molecule has 1 saturated heterocycles. The minimum atomic E-state index is -3.60. The van der Waals surface area contributed by atoms with Gasteiger partial charge in [-0.15, -0.1) is 23.1 Å². The number of carbonyl (C=O) groups excluding carboxylic acids is 1. The molecule has 0 atom stereocenters. The van der Waals surface area contributed by atoms with E-state index in [1.165, 1.54) is 22.1 Å². The molecule has 1 amide bonds. The molecule has 0 aliphatic carbocycles. The predicted molar refractivity (Wildman–Crippen MR) is 92.3 cm³/mol. The second-order valence-corrected chi connectivity index (χ2v) is 10.2. The third kappa shape index (κ3) is 3.46. The fourth-order valence-electron chi connectivity index (χ4n) is 2.82. The molecule has 3 rings (SSSR count). The van der Waals surface area contributed by atoms with Crippen LogP contribution in [0.25, 0.3) is 0 Å². The number of sulfonamides is 1. The van der Waals surface area contributed by atoms with Gasteiger partial charge in [-0.3, -0.25) is 14.5 Å². The van der Waals surface area contributed by atoms with Gasteiger partial charge in [0.1, 0.15) is 10.8 Å². The van der Waals surface area contributed by atoms with E-state index in [0.717, 1.165) is 41.9 Å². The highest BCUT2D eigenvalue weighted by atomic mass is 32.3. The van der Waals surface area contributed by atoms with Crippen molar-refractivity contribution in [2.75, 3.05) is 30.3 Å². The predicted octanol–water partition coefficient (Wildman–Crippen LogP) is 1.84. The zero-order chi connectivity index (χ0) is 17.3. The van der Waals surface area contributed by atoms with Gasteiger partial charge in [0.2, 0.25) is 5.91 Å². The molecule has 3 heterocycles. The average Bonchev–Trinajstić information content (AvgIpc) is 2.77. The minimum absolute atomic E-state index is 0.129. The van der Waals surface area contributed by atoms with Gasteiger partial charge in [-0.25, -0.2) is 8.42 Å². The Morgan fingerprint density at radius 1 is 1.21 bits per heavy atom. The van der Waals surface area contributed by atoms with Gasteiger partial charge in [-0.2, -0.15) is 4.31 Å². The standard InChI is InChI=1S/C14H18N2O5S3/c17-11-9-22-14-10(16(11)8-12(18)19)7-13(23-14)24(20,21)15-5-3-1-2-4-6-15/h7H,1-6,8-9H2,(H,18,19). The minimum Gasteiger partial charge on any atom is -0.480 e. The van der Waals surface area contributed by atoms with E-state index < -0.39 is 22.5 Å². The molecule has 2 aliphatic rings. The Kier molecular flexibility index (Phi) is 5.19. The number of hydrogen-bond donors (Lipinski definition) is 1. The van der Waals surface area contributed by atoms with Gasteiger partial charge in [0.25, 0.3) is 10.0 Å². The molecular weight excluding hydrogens is 372 g/mol. The lowest BCUT2D eigenvalue weighted by Crippen LogP contribution is -2.38. The summed E-state index contributed by atoms with van der Waals surface area (Å²) in [5.41, 5.74) is 0.400. The summed E-state index contributed by atoms with van der Waals surface area (Å²) in [4.78, 5) is 24.1. The zero-order valence-electron chi connectivity index (χ0n) is 12.9. The van der Waals surface area contributed by atoms with Crippen LogP contribution in [0, 0.1) is 0 Å². The van der Waals surface area contributed by atoms with Crippen molar-refractivity contribution in [1.29, 1.82) is 0 Å². The van der Waals surface area contributed by atoms with Crippen LogP contribution >= 0.6 is 23.1 Å². The van der Waals surface area contributed by atoms with E-state index in [2.05, 4.69) is 0 Å². The van der Waals surface area contributed by atoms with E-state index in [1.807, 2.05) is 0 Å². The van der Waals surface area contributed by atoms with Gasteiger partial charge in [0.15, 0.2) is 0 Å². The smallest absolute Gasteiger partial charge is 0.323 e. The molecule has 132 valence electrons. The normalized spacial score (nSPS) is 19.8. The lowest BCUT2D eigenvalue weighted by atomic mass is 10.2. The number of carbonyl (C=O) groups is 2. The molecule has 10 heteroatoms. The van der Waals surface area contributed by atoms with Crippen molar-refractivity contribution in [1.82, 2.24) is 4.31 Å². The Balaban J connectivity index is 1.93. The van der Waals surface area contributed by atoms with Crippen molar-refractivity contribution in [3.05, 3.63) is 6.07 Å². The maximum Gasteiger partial charge on any atom is 0.323 e. The van der Waals surface area contributed by atoms with Crippen molar-refractivity contribution in [2.45, 2.75) is 34.1 Å². The molecule has 1 aromatic heterocycles. The van der Waals surface area contributed by atoms with E-state index in [0.29, 0.717) is 23.0 Å². The number of anilines is 1. The first-order valence-corrected chi connectivity index (χ1v) is 10.9. The molecule has 24 heavy (non-hydrogen) atoms. The number of carboxylic acid groups (broad SMARTS) is 1. The van der Waals surface area contributed by atoms with Crippen LogP contribution in [0.4, 0.5) is 5.69 Å². The molecule has 1 N–H and O–H groups in total. The molecule has 7 nitrogen and oxygen atoms in total. The number of carboxylic acids is 1. The summed E-state index contributed by atoms with van der Waals surface area (Å²) >= 11 is 2.39. The fraction of sp³-hybridized carbons (Fsp3) is 0.571. The van der Waals surface area contributed by atoms with Crippen LogP contribution in [0.5, 0.6) is 0 Å². The zero-order valence-corrected chi connectivity index (χ0v) is 15.4. The molecule has 0 saturated carbocycles. The third-order valence-electron chi connectivity index (χ3n) is 4.03. The van der Waals surface area contributed by atoms with Crippen molar-refractivity contribution in [3.8, 4) is 0 Å².